The molecule has 0 saturated carbocycles. The van der Waals surface area contributed by atoms with Gasteiger partial charge in [0, 0.05) is 37.3 Å². The van der Waals surface area contributed by atoms with Crippen LogP contribution in [0.2, 0.25) is 0 Å². The van der Waals surface area contributed by atoms with Crippen LogP contribution in [0.4, 0.5) is 11.4 Å². The van der Waals surface area contributed by atoms with E-state index in [1.165, 1.54) is 0 Å². The summed E-state index contributed by atoms with van der Waals surface area (Å²) in [6.45, 7) is 4.84. The van der Waals surface area contributed by atoms with E-state index in [2.05, 4.69) is 10.6 Å². The van der Waals surface area contributed by atoms with Gasteiger partial charge in [0.15, 0.2) is 0 Å². The van der Waals surface area contributed by atoms with E-state index in [1.54, 1.807) is 17.0 Å². The summed E-state index contributed by atoms with van der Waals surface area (Å²) in [5, 5.41) is 14.9. The maximum absolute atomic E-state index is 12.0. The molecule has 1 heterocycles. The molecule has 0 aliphatic carbocycles. The Kier molecular flexibility index (Phi) is 7.15. The van der Waals surface area contributed by atoms with Gasteiger partial charge in [0.2, 0.25) is 11.8 Å². The third kappa shape index (κ3) is 5.29. The average Bonchev–Trinajstić information content (AvgIpc) is 3.04. The molecule has 1 saturated heterocycles. The van der Waals surface area contributed by atoms with E-state index in [0.717, 1.165) is 25.1 Å². The molecule has 1 aliphatic heterocycles. The van der Waals surface area contributed by atoms with Crippen LogP contribution >= 0.6 is 0 Å². The van der Waals surface area contributed by atoms with Gasteiger partial charge in [-0.05, 0) is 36.6 Å². The normalized spacial score (nSPS) is 16.4. The van der Waals surface area contributed by atoms with Crippen molar-refractivity contribution in [2.45, 2.75) is 45.6 Å². The van der Waals surface area contributed by atoms with Gasteiger partial charge < -0.3 is 20.6 Å². The first-order valence-electron chi connectivity index (χ1n) is 9.08. The fourth-order valence-corrected chi connectivity index (χ4v) is 2.98. The van der Waals surface area contributed by atoms with Gasteiger partial charge in [0.25, 0.3) is 0 Å². The molecule has 1 aromatic rings. The summed E-state index contributed by atoms with van der Waals surface area (Å²) in [6, 6.07) is 6.53. The standard InChI is InChI=1S/C19H27N3O4/c1-3-13(2)18(19(25)26)20-11-10-16(23)21-14-6-8-15(9-7-14)22-12-4-5-17(22)24/h6-9,13,18,20H,3-5,10-12H2,1-2H3,(H,21,23)(H,25,26)/t13-,18-/m0/s1. The molecule has 0 spiro atoms. The molecule has 26 heavy (non-hydrogen) atoms. The molecule has 3 N–H and O–H groups in total. The van der Waals surface area contributed by atoms with E-state index in [-0.39, 0.29) is 24.2 Å². The minimum Gasteiger partial charge on any atom is -0.480 e. The van der Waals surface area contributed by atoms with Crippen LogP contribution < -0.4 is 15.5 Å². The zero-order valence-electron chi connectivity index (χ0n) is 15.3. The number of carbonyl (C=O) groups is 3. The Hall–Kier alpha value is -2.41. The number of carboxylic acid groups (broad SMARTS) is 1. The summed E-state index contributed by atoms with van der Waals surface area (Å²) >= 11 is 0. The van der Waals surface area contributed by atoms with Crippen LogP contribution in [0.1, 0.15) is 39.5 Å². The lowest BCUT2D eigenvalue weighted by atomic mass is 9.99. The number of benzene rings is 1. The highest BCUT2D eigenvalue weighted by Gasteiger charge is 2.23. The number of aliphatic carboxylic acids is 1. The van der Waals surface area contributed by atoms with E-state index in [9.17, 15) is 19.5 Å². The zero-order chi connectivity index (χ0) is 19.1. The first kappa shape index (κ1) is 19.9. The van der Waals surface area contributed by atoms with Crippen LogP contribution in [0.25, 0.3) is 0 Å². The fraction of sp³-hybridized carbons (Fsp3) is 0.526. The third-order valence-electron chi connectivity index (χ3n) is 4.73. The van der Waals surface area contributed by atoms with Crippen molar-refractivity contribution in [3.8, 4) is 0 Å². The highest BCUT2D eigenvalue weighted by atomic mass is 16.4. The molecule has 0 aromatic heterocycles. The quantitative estimate of drug-likeness (QED) is 0.626. The topological polar surface area (TPSA) is 98.7 Å². The number of rotatable bonds is 9. The molecule has 7 nitrogen and oxygen atoms in total. The predicted octanol–water partition coefficient (Wildman–Crippen LogP) is 2.23. The third-order valence-corrected chi connectivity index (χ3v) is 4.73. The average molecular weight is 361 g/mol. The maximum Gasteiger partial charge on any atom is 0.320 e. The number of carbonyl (C=O) groups excluding carboxylic acids is 2. The van der Waals surface area contributed by atoms with Gasteiger partial charge in [-0.25, -0.2) is 0 Å². The Balaban J connectivity index is 1.80. The lowest BCUT2D eigenvalue weighted by molar-refractivity contribution is -0.141. The van der Waals surface area contributed by atoms with Crippen molar-refractivity contribution < 1.29 is 19.5 Å². The van der Waals surface area contributed by atoms with Crippen LogP contribution in [0.5, 0.6) is 0 Å². The van der Waals surface area contributed by atoms with Crippen LogP contribution in [-0.4, -0.2) is 42.0 Å². The van der Waals surface area contributed by atoms with E-state index in [1.807, 2.05) is 26.0 Å². The Morgan fingerprint density at radius 2 is 1.96 bits per heavy atom. The highest BCUT2D eigenvalue weighted by molar-refractivity contribution is 5.96. The maximum atomic E-state index is 12.0. The Morgan fingerprint density at radius 3 is 2.50 bits per heavy atom. The van der Waals surface area contributed by atoms with Gasteiger partial charge in [-0.1, -0.05) is 20.3 Å². The second-order valence-electron chi connectivity index (χ2n) is 6.65. The van der Waals surface area contributed by atoms with Crippen molar-refractivity contribution in [1.29, 1.82) is 0 Å². The number of carboxylic acids is 1. The molecule has 0 radical (unpaired) electrons. The molecule has 1 aliphatic rings. The fourth-order valence-electron chi connectivity index (χ4n) is 2.98. The molecule has 1 aromatic carbocycles. The molecule has 0 bridgehead atoms. The van der Waals surface area contributed by atoms with Crippen LogP contribution in [0, 0.1) is 5.92 Å². The van der Waals surface area contributed by atoms with Crippen molar-refractivity contribution >= 4 is 29.2 Å². The number of hydrogen-bond acceptors (Lipinski definition) is 4. The lowest BCUT2D eigenvalue weighted by Crippen LogP contribution is -2.42. The largest absolute Gasteiger partial charge is 0.480 e. The summed E-state index contributed by atoms with van der Waals surface area (Å²) in [6.07, 6.45) is 2.40. The van der Waals surface area contributed by atoms with Crippen molar-refractivity contribution in [1.82, 2.24) is 5.32 Å². The van der Waals surface area contributed by atoms with Crippen LogP contribution in [0.15, 0.2) is 24.3 Å². The minimum atomic E-state index is -0.896. The molecule has 2 rings (SSSR count). The van der Waals surface area contributed by atoms with Crippen molar-refractivity contribution in [2.24, 2.45) is 5.92 Å². The van der Waals surface area contributed by atoms with Gasteiger partial charge in [-0.2, -0.15) is 0 Å². The highest BCUT2D eigenvalue weighted by Crippen LogP contribution is 2.23. The summed E-state index contributed by atoms with van der Waals surface area (Å²) in [5.74, 6) is -0.957. The Morgan fingerprint density at radius 1 is 1.27 bits per heavy atom. The zero-order valence-corrected chi connectivity index (χ0v) is 15.3. The molecular formula is C19H27N3O4. The number of nitrogens with zero attached hydrogens (tertiary/aromatic N) is 1. The van der Waals surface area contributed by atoms with E-state index >= 15 is 0 Å². The minimum absolute atomic E-state index is 0.00333. The van der Waals surface area contributed by atoms with Crippen LogP contribution in [0.3, 0.4) is 0 Å². The SMILES string of the molecule is CC[C@H](C)[C@H](NCCC(=O)Nc1ccc(N2CCCC2=O)cc1)C(=O)O. The summed E-state index contributed by atoms with van der Waals surface area (Å²) < 4.78 is 0. The molecule has 0 unspecified atom stereocenters. The number of amides is 2. The number of nitrogens with one attached hydrogen (secondary N) is 2. The first-order chi connectivity index (χ1) is 12.4. The summed E-state index contributed by atoms with van der Waals surface area (Å²) in [5.41, 5.74) is 1.49. The monoisotopic (exact) mass is 361 g/mol. The molecular weight excluding hydrogens is 334 g/mol. The molecule has 1 fully saturated rings. The van der Waals surface area contributed by atoms with Gasteiger partial charge >= 0.3 is 5.97 Å². The second-order valence-corrected chi connectivity index (χ2v) is 6.65. The number of hydrogen-bond donors (Lipinski definition) is 3. The smallest absolute Gasteiger partial charge is 0.320 e. The van der Waals surface area contributed by atoms with Crippen molar-refractivity contribution in [3.63, 3.8) is 0 Å². The van der Waals surface area contributed by atoms with E-state index < -0.39 is 12.0 Å². The Labute approximate surface area is 153 Å². The van der Waals surface area contributed by atoms with Gasteiger partial charge in [-0.3, -0.25) is 14.4 Å². The second kappa shape index (κ2) is 9.33. The predicted molar refractivity (Wildman–Crippen MR) is 100 cm³/mol. The molecule has 7 heteroatoms. The first-order valence-corrected chi connectivity index (χ1v) is 9.08. The van der Waals surface area contributed by atoms with E-state index in [0.29, 0.717) is 18.7 Å². The number of anilines is 2. The van der Waals surface area contributed by atoms with E-state index in [4.69, 9.17) is 0 Å². The van der Waals surface area contributed by atoms with Gasteiger partial charge in [0.05, 0.1) is 0 Å². The molecule has 2 atom stereocenters. The van der Waals surface area contributed by atoms with Crippen LogP contribution in [-0.2, 0) is 14.4 Å². The Bertz CT molecular complexity index is 645. The molecule has 2 amide bonds. The van der Waals surface area contributed by atoms with Crippen molar-refractivity contribution in [3.05, 3.63) is 24.3 Å². The van der Waals surface area contributed by atoms with Crippen molar-refractivity contribution in [2.75, 3.05) is 23.3 Å². The molecule has 142 valence electrons. The summed E-state index contributed by atoms with van der Waals surface area (Å²) in [7, 11) is 0. The lowest BCUT2D eigenvalue weighted by Gasteiger charge is -2.20. The van der Waals surface area contributed by atoms with Gasteiger partial charge in [-0.15, -0.1) is 0 Å². The van der Waals surface area contributed by atoms with Gasteiger partial charge in [0.1, 0.15) is 6.04 Å². The summed E-state index contributed by atoms with van der Waals surface area (Å²) in [4.78, 5) is 36.8.